The molecule has 5 heteroatoms. The molecule has 0 radical (unpaired) electrons. The van der Waals surface area contributed by atoms with Gasteiger partial charge in [-0.15, -0.1) is 11.3 Å². The molecule has 2 aromatic rings. The van der Waals surface area contributed by atoms with Gasteiger partial charge < -0.3 is 9.32 Å². The SMILES string of the molecule is O=C(c1csc(-c2cocn2)c1)N1CCC[C@@H]2CCCCC21. The van der Waals surface area contributed by atoms with Gasteiger partial charge in [0.2, 0.25) is 0 Å². The van der Waals surface area contributed by atoms with E-state index in [0.717, 1.165) is 35.0 Å². The molecule has 4 nitrogen and oxygen atoms in total. The maximum absolute atomic E-state index is 12.9. The Morgan fingerprint density at radius 1 is 1.27 bits per heavy atom. The van der Waals surface area contributed by atoms with Crippen LogP contribution in [0.3, 0.4) is 0 Å². The van der Waals surface area contributed by atoms with Crippen LogP contribution in [-0.4, -0.2) is 28.4 Å². The van der Waals surface area contributed by atoms with Gasteiger partial charge in [0.1, 0.15) is 12.0 Å². The Bertz CT molecular complexity index is 647. The molecule has 1 unspecified atom stereocenters. The first-order valence-electron chi connectivity index (χ1n) is 8.11. The van der Waals surface area contributed by atoms with Crippen molar-refractivity contribution in [1.29, 1.82) is 0 Å². The maximum atomic E-state index is 12.9. The highest BCUT2D eigenvalue weighted by Gasteiger charge is 2.36. The Hall–Kier alpha value is -1.62. The molecule has 0 spiro atoms. The molecule has 2 fully saturated rings. The molecule has 116 valence electrons. The smallest absolute Gasteiger partial charge is 0.254 e. The second kappa shape index (κ2) is 5.88. The Morgan fingerprint density at radius 3 is 3.00 bits per heavy atom. The predicted molar refractivity (Wildman–Crippen MR) is 85.8 cm³/mol. The van der Waals surface area contributed by atoms with Crippen LogP contribution in [0.25, 0.3) is 10.6 Å². The van der Waals surface area contributed by atoms with Gasteiger partial charge in [-0.25, -0.2) is 4.98 Å². The molecule has 1 aliphatic heterocycles. The minimum Gasteiger partial charge on any atom is -0.451 e. The molecule has 2 aliphatic rings. The molecule has 0 N–H and O–H groups in total. The van der Waals surface area contributed by atoms with Gasteiger partial charge in [0.15, 0.2) is 6.39 Å². The molecule has 0 aromatic carbocycles. The van der Waals surface area contributed by atoms with E-state index in [2.05, 4.69) is 9.88 Å². The highest BCUT2D eigenvalue weighted by atomic mass is 32.1. The molecule has 22 heavy (non-hydrogen) atoms. The highest BCUT2D eigenvalue weighted by Crippen LogP contribution is 2.36. The molecule has 2 aromatic heterocycles. The first-order valence-corrected chi connectivity index (χ1v) is 8.99. The van der Waals surface area contributed by atoms with Crippen LogP contribution < -0.4 is 0 Å². The molecular formula is C17H20N2O2S. The molecule has 2 atom stereocenters. The lowest BCUT2D eigenvalue weighted by molar-refractivity contribution is 0.0391. The number of carbonyl (C=O) groups is 1. The summed E-state index contributed by atoms with van der Waals surface area (Å²) in [4.78, 5) is 20.2. The standard InChI is InChI=1S/C17H20N2O2S/c20-17(13-8-16(22-10-13)14-9-21-11-18-14)19-7-3-5-12-4-1-2-6-15(12)19/h8-12,15H,1-7H2/t12-,15?/m0/s1. The zero-order valence-electron chi connectivity index (χ0n) is 12.5. The normalized spacial score (nSPS) is 25.0. The summed E-state index contributed by atoms with van der Waals surface area (Å²) >= 11 is 1.56. The number of hydrogen-bond donors (Lipinski definition) is 0. The van der Waals surface area contributed by atoms with Crippen LogP contribution in [0.1, 0.15) is 48.9 Å². The van der Waals surface area contributed by atoms with E-state index in [0.29, 0.717) is 6.04 Å². The summed E-state index contributed by atoms with van der Waals surface area (Å²) in [6.07, 6.45) is 10.6. The van der Waals surface area contributed by atoms with E-state index in [1.165, 1.54) is 38.5 Å². The monoisotopic (exact) mass is 316 g/mol. The molecule has 1 amide bonds. The second-order valence-electron chi connectivity index (χ2n) is 6.33. The first-order chi connectivity index (χ1) is 10.8. The Balaban J connectivity index is 1.56. The molecule has 1 saturated carbocycles. The Kier molecular flexibility index (Phi) is 3.74. The fourth-order valence-electron chi connectivity index (χ4n) is 3.96. The molecule has 3 heterocycles. The van der Waals surface area contributed by atoms with Gasteiger partial charge in [-0.1, -0.05) is 12.8 Å². The first kappa shape index (κ1) is 14.0. The van der Waals surface area contributed by atoms with Gasteiger partial charge in [-0.05, 0) is 37.7 Å². The van der Waals surface area contributed by atoms with E-state index in [1.807, 2.05) is 11.4 Å². The number of oxazole rings is 1. The summed E-state index contributed by atoms with van der Waals surface area (Å²) in [6.45, 7) is 0.912. The van der Waals surface area contributed by atoms with Crippen molar-refractivity contribution >= 4 is 17.2 Å². The molecule has 4 rings (SSSR count). The topological polar surface area (TPSA) is 46.3 Å². The number of amides is 1. The number of likely N-dealkylation sites (tertiary alicyclic amines) is 1. The summed E-state index contributed by atoms with van der Waals surface area (Å²) in [5.41, 5.74) is 1.60. The Morgan fingerprint density at radius 2 is 2.14 bits per heavy atom. The van der Waals surface area contributed by atoms with Crippen molar-refractivity contribution in [3.63, 3.8) is 0 Å². The molecule has 1 aliphatic carbocycles. The second-order valence-corrected chi connectivity index (χ2v) is 7.24. The number of thiophene rings is 1. The van der Waals surface area contributed by atoms with Crippen LogP contribution in [-0.2, 0) is 0 Å². The number of carbonyl (C=O) groups excluding carboxylic acids is 1. The van der Waals surface area contributed by atoms with Gasteiger partial charge in [-0.2, -0.15) is 0 Å². The highest BCUT2D eigenvalue weighted by molar-refractivity contribution is 7.13. The zero-order chi connectivity index (χ0) is 14.9. The van der Waals surface area contributed by atoms with E-state index >= 15 is 0 Å². The lowest BCUT2D eigenvalue weighted by Gasteiger charge is -2.44. The summed E-state index contributed by atoms with van der Waals surface area (Å²) in [5.74, 6) is 0.919. The summed E-state index contributed by atoms with van der Waals surface area (Å²) in [7, 11) is 0. The van der Waals surface area contributed by atoms with E-state index in [4.69, 9.17) is 4.42 Å². The predicted octanol–water partition coefficient (Wildman–Crippen LogP) is 4.20. The summed E-state index contributed by atoms with van der Waals surface area (Å²) in [6, 6.07) is 2.42. The lowest BCUT2D eigenvalue weighted by Crippen LogP contribution is -2.49. The van der Waals surface area contributed by atoms with Crippen LogP contribution in [0.2, 0.25) is 0 Å². The molecular weight excluding hydrogens is 296 g/mol. The largest absolute Gasteiger partial charge is 0.451 e. The summed E-state index contributed by atoms with van der Waals surface area (Å²) < 4.78 is 5.03. The van der Waals surface area contributed by atoms with Crippen LogP contribution >= 0.6 is 11.3 Å². The van der Waals surface area contributed by atoms with Gasteiger partial charge in [-0.3, -0.25) is 4.79 Å². The number of hydrogen-bond acceptors (Lipinski definition) is 4. The minimum absolute atomic E-state index is 0.197. The van der Waals surface area contributed by atoms with E-state index < -0.39 is 0 Å². The van der Waals surface area contributed by atoms with Gasteiger partial charge >= 0.3 is 0 Å². The quantitative estimate of drug-likeness (QED) is 0.834. The van der Waals surface area contributed by atoms with Crippen molar-refractivity contribution < 1.29 is 9.21 Å². The zero-order valence-corrected chi connectivity index (χ0v) is 13.3. The average Bonchev–Trinajstić information content (AvgIpc) is 3.24. The Labute approximate surface area is 134 Å². The van der Waals surface area contributed by atoms with Crippen molar-refractivity contribution in [1.82, 2.24) is 9.88 Å². The van der Waals surface area contributed by atoms with Crippen molar-refractivity contribution in [3.8, 4) is 10.6 Å². The number of fused-ring (bicyclic) bond motifs is 1. The van der Waals surface area contributed by atoms with Gasteiger partial charge in [0.25, 0.3) is 5.91 Å². The van der Waals surface area contributed by atoms with Crippen LogP contribution in [0.4, 0.5) is 0 Å². The van der Waals surface area contributed by atoms with Crippen molar-refractivity contribution in [2.24, 2.45) is 5.92 Å². The molecule has 1 saturated heterocycles. The number of rotatable bonds is 2. The third-order valence-electron chi connectivity index (χ3n) is 5.04. The van der Waals surface area contributed by atoms with Crippen LogP contribution in [0.15, 0.2) is 28.5 Å². The fraction of sp³-hybridized carbons (Fsp3) is 0.529. The molecule has 0 bridgehead atoms. The maximum Gasteiger partial charge on any atom is 0.254 e. The average molecular weight is 316 g/mol. The van der Waals surface area contributed by atoms with Crippen molar-refractivity contribution in [2.75, 3.05) is 6.54 Å². The van der Waals surface area contributed by atoms with E-state index in [9.17, 15) is 4.79 Å². The minimum atomic E-state index is 0.197. The van der Waals surface area contributed by atoms with E-state index in [1.54, 1.807) is 17.6 Å². The van der Waals surface area contributed by atoms with Crippen molar-refractivity contribution in [2.45, 2.75) is 44.6 Å². The summed E-state index contributed by atoms with van der Waals surface area (Å²) in [5, 5.41) is 1.96. The number of piperidine rings is 1. The fourth-order valence-corrected chi connectivity index (χ4v) is 4.80. The van der Waals surface area contributed by atoms with Crippen LogP contribution in [0, 0.1) is 5.92 Å². The lowest BCUT2D eigenvalue weighted by atomic mass is 9.78. The van der Waals surface area contributed by atoms with Crippen molar-refractivity contribution in [3.05, 3.63) is 29.7 Å². The third-order valence-corrected chi connectivity index (χ3v) is 5.99. The third kappa shape index (κ3) is 2.47. The van der Waals surface area contributed by atoms with Gasteiger partial charge in [0, 0.05) is 18.0 Å². The van der Waals surface area contributed by atoms with Gasteiger partial charge in [0.05, 0.1) is 10.4 Å². The van der Waals surface area contributed by atoms with Crippen LogP contribution in [0.5, 0.6) is 0 Å². The number of nitrogens with zero attached hydrogens (tertiary/aromatic N) is 2. The number of aromatic nitrogens is 1. The van der Waals surface area contributed by atoms with E-state index in [-0.39, 0.29) is 5.91 Å².